The number of phenolic OH excluding ortho intramolecular Hbond substituents is 1. The number of carbonyl (C=O) groups excluding carboxylic acids is 1. The number of carbonyl (C=O) groups is 1. The fraction of sp³-hybridized carbons (Fsp3) is 0.556. The summed E-state index contributed by atoms with van der Waals surface area (Å²) >= 11 is 0. The van der Waals surface area contributed by atoms with Gasteiger partial charge in [0.05, 0.1) is 13.1 Å². The largest absolute Gasteiger partial charge is 0.508 e. The molecule has 1 amide bonds. The molecule has 0 atom stereocenters. The lowest BCUT2D eigenvalue weighted by molar-refractivity contribution is -0.122. The van der Waals surface area contributed by atoms with Crippen molar-refractivity contribution in [2.75, 3.05) is 33.2 Å². The topological polar surface area (TPSA) is 89.0 Å². The van der Waals surface area contributed by atoms with Gasteiger partial charge in [-0.25, -0.2) is 4.99 Å². The fourth-order valence-electron chi connectivity index (χ4n) is 2.80. The van der Waals surface area contributed by atoms with Crippen molar-refractivity contribution in [1.29, 1.82) is 0 Å². The molecular weight excluding hydrogens is 318 g/mol. The van der Waals surface area contributed by atoms with Crippen LogP contribution in [-0.2, 0) is 11.3 Å². The number of hydrogen-bond acceptors (Lipinski definition) is 4. The van der Waals surface area contributed by atoms with E-state index in [2.05, 4.69) is 25.8 Å². The van der Waals surface area contributed by atoms with E-state index in [1.807, 2.05) is 19.1 Å². The number of aromatic hydroxyl groups is 1. The molecule has 0 aliphatic carbocycles. The second kappa shape index (κ2) is 9.88. The van der Waals surface area contributed by atoms with E-state index in [0.29, 0.717) is 19.1 Å². The SMILES string of the molecule is CCNC(=NCc1ccc(O)cc1)NC1CCN(CC(=O)NC)CC1. The number of phenols is 1. The van der Waals surface area contributed by atoms with Crippen LogP contribution in [0.25, 0.3) is 0 Å². The number of aliphatic imine (C=N–C) groups is 1. The summed E-state index contributed by atoms with van der Waals surface area (Å²) < 4.78 is 0. The number of likely N-dealkylation sites (N-methyl/N-ethyl adjacent to an activating group) is 1. The van der Waals surface area contributed by atoms with Gasteiger partial charge < -0.3 is 21.1 Å². The maximum atomic E-state index is 11.5. The van der Waals surface area contributed by atoms with Crippen LogP contribution in [0.3, 0.4) is 0 Å². The summed E-state index contributed by atoms with van der Waals surface area (Å²) in [7, 11) is 1.67. The van der Waals surface area contributed by atoms with Crippen molar-refractivity contribution >= 4 is 11.9 Å². The van der Waals surface area contributed by atoms with E-state index in [4.69, 9.17) is 0 Å². The molecule has 1 aromatic carbocycles. The van der Waals surface area contributed by atoms with Crippen LogP contribution in [0.2, 0.25) is 0 Å². The normalized spacial score (nSPS) is 16.5. The van der Waals surface area contributed by atoms with Crippen molar-refractivity contribution < 1.29 is 9.90 Å². The number of amides is 1. The van der Waals surface area contributed by atoms with E-state index >= 15 is 0 Å². The van der Waals surface area contributed by atoms with Gasteiger partial charge in [0.2, 0.25) is 5.91 Å². The Morgan fingerprint density at radius 3 is 2.56 bits per heavy atom. The number of benzene rings is 1. The Labute approximate surface area is 149 Å². The zero-order chi connectivity index (χ0) is 18.1. The van der Waals surface area contributed by atoms with Crippen LogP contribution in [0.5, 0.6) is 5.75 Å². The number of nitrogens with one attached hydrogen (secondary N) is 3. The summed E-state index contributed by atoms with van der Waals surface area (Å²) in [5.41, 5.74) is 1.05. The fourth-order valence-corrected chi connectivity index (χ4v) is 2.80. The quantitative estimate of drug-likeness (QED) is 0.448. The molecular formula is C18H29N5O2. The van der Waals surface area contributed by atoms with Gasteiger partial charge >= 0.3 is 0 Å². The van der Waals surface area contributed by atoms with E-state index in [9.17, 15) is 9.90 Å². The molecule has 0 aromatic heterocycles. The van der Waals surface area contributed by atoms with Gasteiger partial charge in [-0.1, -0.05) is 12.1 Å². The predicted octanol–water partition coefficient (Wildman–Crippen LogP) is 0.658. The van der Waals surface area contributed by atoms with Gasteiger partial charge in [-0.2, -0.15) is 0 Å². The summed E-state index contributed by atoms with van der Waals surface area (Å²) in [4.78, 5) is 18.3. The Balaban J connectivity index is 1.83. The molecule has 25 heavy (non-hydrogen) atoms. The van der Waals surface area contributed by atoms with E-state index < -0.39 is 0 Å². The Bertz CT molecular complexity index is 565. The van der Waals surface area contributed by atoms with Crippen LogP contribution < -0.4 is 16.0 Å². The molecule has 1 heterocycles. The molecule has 7 nitrogen and oxygen atoms in total. The van der Waals surface area contributed by atoms with E-state index in [-0.39, 0.29) is 11.7 Å². The molecule has 0 spiro atoms. The molecule has 4 N–H and O–H groups in total. The molecule has 0 bridgehead atoms. The lowest BCUT2D eigenvalue weighted by Gasteiger charge is -2.32. The number of guanidine groups is 1. The first-order valence-electron chi connectivity index (χ1n) is 8.86. The Hall–Kier alpha value is -2.28. The Morgan fingerprint density at radius 1 is 1.28 bits per heavy atom. The minimum Gasteiger partial charge on any atom is -0.508 e. The number of rotatable bonds is 6. The molecule has 1 aliphatic rings. The maximum absolute atomic E-state index is 11.5. The van der Waals surface area contributed by atoms with Gasteiger partial charge in [0.1, 0.15) is 5.75 Å². The van der Waals surface area contributed by atoms with Crippen LogP contribution >= 0.6 is 0 Å². The smallest absolute Gasteiger partial charge is 0.233 e. The summed E-state index contributed by atoms with van der Waals surface area (Å²) in [6.45, 7) is 5.69. The van der Waals surface area contributed by atoms with Gasteiger partial charge in [0.25, 0.3) is 0 Å². The number of piperidine rings is 1. The molecule has 138 valence electrons. The standard InChI is InChI=1S/C18H29N5O2/c1-3-20-18(21-12-14-4-6-16(24)7-5-14)22-15-8-10-23(11-9-15)13-17(25)19-2/h4-7,15,24H,3,8-13H2,1-2H3,(H,19,25)(H2,20,21,22). The summed E-state index contributed by atoms with van der Waals surface area (Å²) in [5, 5.41) is 18.8. The molecule has 1 fully saturated rings. The minimum atomic E-state index is 0.0650. The van der Waals surface area contributed by atoms with Crippen LogP contribution in [0.15, 0.2) is 29.3 Å². The van der Waals surface area contributed by atoms with Gasteiger partial charge in [0, 0.05) is 32.7 Å². The molecule has 2 rings (SSSR count). The molecule has 1 saturated heterocycles. The highest BCUT2D eigenvalue weighted by atomic mass is 16.3. The van der Waals surface area contributed by atoms with Crippen molar-refractivity contribution in [3.8, 4) is 5.75 Å². The first-order chi connectivity index (χ1) is 12.1. The molecule has 0 saturated carbocycles. The molecule has 1 aromatic rings. The molecule has 0 radical (unpaired) electrons. The lowest BCUT2D eigenvalue weighted by atomic mass is 10.1. The molecule has 7 heteroatoms. The van der Waals surface area contributed by atoms with Crippen molar-refractivity contribution in [3.63, 3.8) is 0 Å². The number of nitrogens with zero attached hydrogens (tertiary/aromatic N) is 2. The molecule has 1 aliphatic heterocycles. The zero-order valence-electron chi connectivity index (χ0n) is 15.1. The highest BCUT2D eigenvalue weighted by Crippen LogP contribution is 2.11. The van der Waals surface area contributed by atoms with Crippen LogP contribution in [0, 0.1) is 0 Å². The highest BCUT2D eigenvalue weighted by Gasteiger charge is 2.21. The summed E-state index contributed by atoms with van der Waals surface area (Å²) in [5.74, 6) is 1.14. The lowest BCUT2D eigenvalue weighted by Crippen LogP contribution is -2.50. The van der Waals surface area contributed by atoms with Crippen LogP contribution in [-0.4, -0.2) is 61.1 Å². The van der Waals surface area contributed by atoms with Crippen LogP contribution in [0.4, 0.5) is 0 Å². The average molecular weight is 347 g/mol. The zero-order valence-corrected chi connectivity index (χ0v) is 15.1. The van der Waals surface area contributed by atoms with Gasteiger partial charge in [-0.05, 0) is 37.5 Å². The first-order valence-corrected chi connectivity index (χ1v) is 8.86. The molecule has 0 unspecified atom stereocenters. The van der Waals surface area contributed by atoms with E-state index in [0.717, 1.165) is 44.0 Å². The average Bonchev–Trinajstić information content (AvgIpc) is 2.62. The van der Waals surface area contributed by atoms with Crippen molar-refractivity contribution in [3.05, 3.63) is 29.8 Å². The third kappa shape index (κ3) is 6.62. The predicted molar refractivity (Wildman–Crippen MR) is 99.6 cm³/mol. The second-order valence-corrected chi connectivity index (χ2v) is 6.23. The van der Waals surface area contributed by atoms with E-state index in [1.54, 1.807) is 19.2 Å². The minimum absolute atomic E-state index is 0.0650. The number of hydrogen-bond donors (Lipinski definition) is 4. The Morgan fingerprint density at radius 2 is 1.96 bits per heavy atom. The Kier molecular flexibility index (Phi) is 7.53. The number of likely N-dealkylation sites (tertiary alicyclic amines) is 1. The first kappa shape index (κ1) is 19.1. The van der Waals surface area contributed by atoms with Gasteiger partial charge in [-0.15, -0.1) is 0 Å². The monoisotopic (exact) mass is 347 g/mol. The highest BCUT2D eigenvalue weighted by molar-refractivity contribution is 5.80. The van der Waals surface area contributed by atoms with Crippen LogP contribution in [0.1, 0.15) is 25.3 Å². The second-order valence-electron chi connectivity index (χ2n) is 6.23. The van der Waals surface area contributed by atoms with E-state index in [1.165, 1.54) is 0 Å². The summed E-state index contributed by atoms with van der Waals surface area (Å²) in [6.07, 6.45) is 1.97. The van der Waals surface area contributed by atoms with Gasteiger partial charge in [-0.3, -0.25) is 9.69 Å². The third-order valence-electron chi connectivity index (χ3n) is 4.27. The summed E-state index contributed by atoms with van der Waals surface area (Å²) in [6, 6.07) is 7.46. The van der Waals surface area contributed by atoms with Crippen molar-refractivity contribution in [2.24, 2.45) is 4.99 Å². The van der Waals surface area contributed by atoms with Crippen molar-refractivity contribution in [1.82, 2.24) is 20.9 Å². The maximum Gasteiger partial charge on any atom is 0.233 e. The third-order valence-corrected chi connectivity index (χ3v) is 4.27. The van der Waals surface area contributed by atoms with Gasteiger partial charge in [0.15, 0.2) is 5.96 Å². The van der Waals surface area contributed by atoms with Crippen molar-refractivity contribution in [2.45, 2.75) is 32.4 Å².